The van der Waals surface area contributed by atoms with E-state index >= 15 is 0 Å². The fraction of sp³-hybridized carbons (Fsp3) is 0.444. The highest BCUT2D eigenvalue weighted by Gasteiger charge is 2.30. The number of carboxylic acid groups (broad SMARTS) is 1. The molecule has 0 spiro atoms. The minimum Gasteiger partial charge on any atom is -0.481 e. The fourth-order valence-corrected chi connectivity index (χ4v) is 4.53. The van der Waals surface area contributed by atoms with Gasteiger partial charge in [-0.25, -0.2) is 4.79 Å². The van der Waals surface area contributed by atoms with Crippen molar-refractivity contribution in [3.8, 4) is 11.1 Å². The number of amides is 2. The summed E-state index contributed by atoms with van der Waals surface area (Å²) in [6.07, 6.45) is 0.912. The van der Waals surface area contributed by atoms with E-state index in [2.05, 4.69) is 22.8 Å². The molecule has 7 nitrogen and oxygen atoms in total. The minimum absolute atomic E-state index is 0.0267. The molecule has 0 saturated heterocycles. The van der Waals surface area contributed by atoms with Crippen molar-refractivity contribution < 1.29 is 24.2 Å². The largest absolute Gasteiger partial charge is 0.481 e. The van der Waals surface area contributed by atoms with Gasteiger partial charge in [-0.2, -0.15) is 0 Å². The van der Waals surface area contributed by atoms with E-state index in [4.69, 9.17) is 4.74 Å². The number of aliphatic carboxylic acids is 1. The Morgan fingerprint density at radius 1 is 1.00 bits per heavy atom. The van der Waals surface area contributed by atoms with Gasteiger partial charge < -0.3 is 20.5 Å². The van der Waals surface area contributed by atoms with Crippen LogP contribution in [0.5, 0.6) is 0 Å². The zero-order chi connectivity index (χ0) is 24.7. The maximum absolute atomic E-state index is 12.7. The molecule has 2 aromatic carbocycles. The van der Waals surface area contributed by atoms with Gasteiger partial charge in [0.15, 0.2) is 0 Å². The van der Waals surface area contributed by atoms with Crippen LogP contribution in [0.1, 0.15) is 57.1 Å². The summed E-state index contributed by atoms with van der Waals surface area (Å²) in [6.45, 7) is 5.99. The highest BCUT2D eigenvalue weighted by molar-refractivity contribution is 5.86. The summed E-state index contributed by atoms with van der Waals surface area (Å²) < 4.78 is 5.56. The summed E-state index contributed by atoms with van der Waals surface area (Å²) in [5, 5.41) is 14.8. The van der Waals surface area contributed by atoms with Crippen molar-refractivity contribution in [1.29, 1.82) is 0 Å². The number of carbonyl (C=O) groups excluding carboxylic acids is 2. The van der Waals surface area contributed by atoms with Crippen LogP contribution in [0, 0.1) is 11.8 Å². The number of hydrogen-bond acceptors (Lipinski definition) is 4. The number of fused-ring (bicyclic) bond motifs is 3. The van der Waals surface area contributed by atoms with Crippen molar-refractivity contribution >= 4 is 18.0 Å². The van der Waals surface area contributed by atoms with E-state index in [1.165, 1.54) is 0 Å². The number of ether oxygens (including phenoxy) is 1. The molecule has 0 aliphatic heterocycles. The molecule has 0 radical (unpaired) electrons. The summed E-state index contributed by atoms with van der Waals surface area (Å²) in [5.41, 5.74) is 4.52. The molecule has 2 amide bonds. The van der Waals surface area contributed by atoms with Crippen molar-refractivity contribution in [2.24, 2.45) is 11.8 Å². The fourth-order valence-electron chi connectivity index (χ4n) is 4.53. The van der Waals surface area contributed by atoms with Crippen LogP contribution in [0.2, 0.25) is 0 Å². The monoisotopic (exact) mass is 466 g/mol. The van der Waals surface area contributed by atoms with Gasteiger partial charge in [-0.1, -0.05) is 75.7 Å². The van der Waals surface area contributed by atoms with Crippen LogP contribution in [0.15, 0.2) is 48.5 Å². The molecule has 1 aliphatic carbocycles. The van der Waals surface area contributed by atoms with Gasteiger partial charge in [-0.15, -0.1) is 0 Å². The molecule has 0 heterocycles. The van der Waals surface area contributed by atoms with Crippen LogP contribution < -0.4 is 10.6 Å². The second-order valence-corrected chi connectivity index (χ2v) is 9.22. The minimum atomic E-state index is -0.939. The average Bonchev–Trinajstić information content (AvgIpc) is 3.13. The molecule has 2 aromatic rings. The van der Waals surface area contributed by atoms with Gasteiger partial charge in [0.25, 0.3) is 0 Å². The van der Waals surface area contributed by atoms with E-state index in [9.17, 15) is 19.5 Å². The Morgan fingerprint density at radius 2 is 1.59 bits per heavy atom. The topological polar surface area (TPSA) is 105 Å². The van der Waals surface area contributed by atoms with Crippen molar-refractivity contribution in [3.63, 3.8) is 0 Å². The predicted octanol–water partition coefficient (Wildman–Crippen LogP) is 4.56. The van der Waals surface area contributed by atoms with Gasteiger partial charge in [0, 0.05) is 12.5 Å². The van der Waals surface area contributed by atoms with Crippen LogP contribution in [0.4, 0.5) is 4.79 Å². The molecule has 34 heavy (non-hydrogen) atoms. The van der Waals surface area contributed by atoms with Gasteiger partial charge in [0.2, 0.25) is 5.91 Å². The van der Waals surface area contributed by atoms with Crippen LogP contribution in [0.25, 0.3) is 11.1 Å². The van der Waals surface area contributed by atoms with Gasteiger partial charge >= 0.3 is 12.1 Å². The SMILES string of the molecule is CCCC(NC(=O)OCC1c2ccccc2-c2ccccc21)C(=O)NCC(CC(C)C)C(=O)O. The first-order valence-corrected chi connectivity index (χ1v) is 11.9. The number of carbonyl (C=O) groups is 3. The Balaban J connectivity index is 1.59. The highest BCUT2D eigenvalue weighted by atomic mass is 16.5. The Hall–Kier alpha value is -3.35. The second-order valence-electron chi connectivity index (χ2n) is 9.22. The average molecular weight is 467 g/mol. The zero-order valence-electron chi connectivity index (χ0n) is 20.0. The summed E-state index contributed by atoms with van der Waals surface area (Å²) in [5.74, 6) is -1.87. The second kappa shape index (κ2) is 11.7. The Labute approximate surface area is 200 Å². The Bertz CT molecular complexity index is 974. The number of rotatable bonds is 11. The van der Waals surface area contributed by atoms with Gasteiger partial charge in [-0.3, -0.25) is 9.59 Å². The molecule has 3 N–H and O–H groups in total. The van der Waals surface area contributed by atoms with Gasteiger partial charge in [0.05, 0.1) is 5.92 Å². The first kappa shape index (κ1) is 25.3. The number of nitrogens with one attached hydrogen (secondary N) is 2. The molecule has 2 atom stereocenters. The van der Waals surface area contributed by atoms with Crippen molar-refractivity contribution in [2.45, 2.75) is 52.0 Å². The number of benzene rings is 2. The van der Waals surface area contributed by atoms with Crippen molar-refractivity contribution in [3.05, 3.63) is 59.7 Å². The van der Waals surface area contributed by atoms with E-state index < -0.39 is 29.9 Å². The summed E-state index contributed by atoms with van der Waals surface area (Å²) in [7, 11) is 0. The predicted molar refractivity (Wildman–Crippen MR) is 130 cm³/mol. The van der Waals surface area contributed by atoms with Crippen molar-refractivity contribution in [2.75, 3.05) is 13.2 Å². The smallest absolute Gasteiger partial charge is 0.407 e. The zero-order valence-corrected chi connectivity index (χ0v) is 20.0. The summed E-state index contributed by atoms with van der Waals surface area (Å²) >= 11 is 0. The first-order valence-electron chi connectivity index (χ1n) is 11.9. The third kappa shape index (κ3) is 6.16. The lowest BCUT2D eigenvalue weighted by atomic mass is 9.97. The van der Waals surface area contributed by atoms with E-state index in [1.54, 1.807) is 0 Å². The number of carboxylic acids is 1. The Kier molecular flexibility index (Phi) is 8.68. The lowest BCUT2D eigenvalue weighted by molar-refractivity contribution is -0.142. The van der Waals surface area contributed by atoms with Crippen LogP contribution in [-0.2, 0) is 14.3 Å². The molecular formula is C27H34N2O5. The standard InChI is InChI=1S/C27H34N2O5/c1-4-9-24(25(30)28-15-18(26(31)32)14-17(2)3)29-27(33)34-16-23-21-12-7-5-10-19(21)20-11-6-8-13-22(20)23/h5-8,10-13,17-18,23-24H,4,9,14-16H2,1-3H3,(H,28,30)(H,29,33)(H,31,32). The molecule has 0 aromatic heterocycles. The molecule has 0 saturated carbocycles. The van der Waals surface area contributed by atoms with E-state index in [0.717, 1.165) is 22.3 Å². The summed E-state index contributed by atoms with van der Waals surface area (Å²) in [4.78, 5) is 36.8. The third-order valence-corrected chi connectivity index (χ3v) is 6.16. The molecule has 182 valence electrons. The van der Waals surface area contributed by atoms with Crippen LogP contribution in [-0.4, -0.2) is 42.3 Å². The molecule has 7 heteroatoms. The van der Waals surface area contributed by atoms with Crippen LogP contribution >= 0.6 is 0 Å². The maximum Gasteiger partial charge on any atom is 0.407 e. The van der Waals surface area contributed by atoms with Crippen LogP contribution in [0.3, 0.4) is 0 Å². The third-order valence-electron chi connectivity index (χ3n) is 6.16. The molecule has 0 fully saturated rings. The number of alkyl carbamates (subject to hydrolysis) is 1. The van der Waals surface area contributed by atoms with Crippen molar-refractivity contribution in [1.82, 2.24) is 10.6 Å². The molecule has 2 unspecified atom stereocenters. The van der Waals surface area contributed by atoms with E-state index in [-0.39, 0.29) is 25.0 Å². The first-order chi connectivity index (χ1) is 16.3. The molecule has 3 rings (SSSR count). The highest BCUT2D eigenvalue weighted by Crippen LogP contribution is 2.44. The van der Waals surface area contributed by atoms with E-state index in [1.807, 2.05) is 57.2 Å². The van der Waals surface area contributed by atoms with E-state index in [0.29, 0.717) is 19.3 Å². The van der Waals surface area contributed by atoms with Gasteiger partial charge in [0.1, 0.15) is 12.6 Å². The quantitative estimate of drug-likeness (QED) is 0.450. The molecule has 0 bridgehead atoms. The number of hydrogen-bond donors (Lipinski definition) is 3. The molecular weight excluding hydrogens is 432 g/mol. The summed E-state index contributed by atoms with van der Waals surface area (Å²) in [6, 6.07) is 15.4. The maximum atomic E-state index is 12.7. The lowest BCUT2D eigenvalue weighted by Crippen LogP contribution is -2.48. The van der Waals surface area contributed by atoms with Gasteiger partial charge in [-0.05, 0) is 41.0 Å². The Morgan fingerprint density at radius 3 is 2.12 bits per heavy atom. The molecule has 1 aliphatic rings. The normalized spacial score (nSPS) is 14.1. The lowest BCUT2D eigenvalue weighted by Gasteiger charge is -2.21.